The van der Waals surface area contributed by atoms with Gasteiger partial charge in [0.15, 0.2) is 6.61 Å². The first-order chi connectivity index (χ1) is 14.3. The second-order valence-corrected chi connectivity index (χ2v) is 8.42. The molecule has 1 aromatic heterocycles. The Morgan fingerprint density at radius 1 is 1.37 bits per heavy atom. The maximum absolute atomic E-state index is 12.5. The number of benzene rings is 1. The van der Waals surface area contributed by atoms with E-state index in [0.717, 1.165) is 29.7 Å². The van der Waals surface area contributed by atoms with Gasteiger partial charge in [0.1, 0.15) is 10.8 Å². The van der Waals surface area contributed by atoms with Crippen molar-refractivity contribution in [1.29, 1.82) is 0 Å². The highest BCUT2D eigenvalue weighted by Crippen LogP contribution is 2.40. The third kappa shape index (κ3) is 4.79. The average Bonchev–Trinajstić information content (AvgIpc) is 3.03. The molecule has 1 heterocycles. The number of esters is 1. The molecular weight excluding hydrogens is 408 g/mol. The van der Waals surface area contributed by atoms with Crippen molar-refractivity contribution in [1.82, 2.24) is 0 Å². The highest BCUT2D eigenvalue weighted by molar-refractivity contribution is 7.17. The molecular formula is C21H24N2O6S. The fraction of sp³-hybridized carbons (Fsp3) is 0.429. The predicted molar refractivity (Wildman–Crippen MR) is 113 cm³/mol. The van der Waals surface area contributed by atoms with E-state index in [0.29, 0.717) is 27.8 Å². The molecule has 0 fully saturated rings. The van der Waals surface area contributed by atoms with Gasteiger partial charge in [-0.25, -0.2) is 4.79 Å². The zero-order valence-corrected chi connectivity index (χ0v) is 18.0. The zero-order valence-electron chi connectivity index (χ0n) is 17.1. The van der Waals surface area contributed by atoms with Gasteiger partial charge in [-0.1, -0.05) is 6.92 Å². The number of nitro groups is 1. The SMILES string of the molecule is CCOC(=O)c1c(NC(=O)COc2ccc([N+](=O)[O-])c(C)c2)sc2c1CC[C@@H](C)C2. The van der Waals surface area contributed by atoms with Crippen LogP contribution in [0.1, 0.15) is 46.6 Å². The topological polar surface area (TPSA) is 108 Å². The molecule has 1 aliphatic rings. The van der Waals surface area contributed by atoms with Crippen LogP contribution in [0.5, 0.6) is 5.75 Å². The van der Waals surface area contributed by atoms with Crippen molar-refractivity contribution in [2.24, 2.45) is 5.92 Å². The van der Waals surface area contributed by atoms with Crippen molar-refractivity contribution >= 4 is 33.9 Å². The van der Waals surface area contributed by atoms with Crippen LogP contribution >= 0.6 is 11.3 Å². The minimum Gasteiger partial charge on any atom is -0.484 e. The highest BCUT2D eigenvalue weighted by Gasteiger charge is 2.29. The third-order valence-corrected chi connectivity index (χ3v) is 6.15. The first-order valence-electron chi connectivity index (χ1n) is 9.79. The average molecular weight is 432 g/mol. The summed E-state index contributed by atoms with van der Waals surface area (Å²) in [6.07, 6.45) is 2.66. The number of nitrogens with zero attached hydrogens (tertiary/aromatic N) is 1. The maximum atomic E-state index is 12.5. The largest absolute Gasteiger partial charge is 0.484 e. The molecule has 1 aliphatic carbocycles. The van der Waals surface area contributed by atoms with Crippen LogP contribution in [0.15, 0.2) is 18.2 Å². The zero-order chi connectivity index (χ0) is 21.8. The summed E-state index contributed by atoms with van der Waals surface area (Å²) in [7, 11) is 0. The van der Waals surface area contributed by atoms with Gasteiger partial charge in [-0.05, 0) is 56.7 Å². The van der Waals surface area contributed by atoms with Gasteiger partial charge in [0.25, 0.3) is 11.6 Å². The third-order valence-electron chi connectivity index (χ3n) is 4.98. The number of hydrogen-bond acceptors (Lipinski definition) is 7. The molecule has 9 heteroatoms. The lowest BCUT2D eigenvalue weighted by Crippen LogP contribution is -2.21. The summed E-state index contributed by atoms with van der Waals surface area (Å²) in [5.41, 5.74) is 1.86. The Morgan fingerprint density at radius 2 is 2.13 bits per heavy atom. The van der Waals surface area contributed by atoms with Gasteiger partial charge in [0.2, 0.25) is 0 Å². The molecule has 1 amide bonds. The molecule has 160 valence electrons. The van der Waals surface area contributed by atoms with Crippen molar-refractivity contribution in [3.05, 3.63) is 49.9 Å². The molecule has 0 radical (unpaired) electrons. The molecule has 2 aromatic rings. The summed E-state index contributed by atoms with van der Waals surface area (Å²) in [6.45, 7) is 5.50. The van der Waals surface area contributed by atoms with Crippen LogP contribution in [0.3, 0.4) is 0 Å². The molecule has 0 spiro atoms. The lowest BCUT2D eigenvalue weighted by molar-refractivity contribution is -0.385. The first kappa shape index (κ1) is 21.8. The van der Waals surface area contributed by atoms with Crippen LogP contribution in [0, 0.1) is 23.0 Å². The summed E-state index contributed by atoms with van der Waals surface area (Å²) < 4.78 is 10.7. The van der Waals surface area contributed by atoms with Crippen LogP contribution in [0.2, 0.25) is 0 Å². The summed E-state index contributed by atoms with van der Waals surface area (Å²) in [4.78, 5) is 36.5. The van der Waals surface area contributed by atoms with E-state index in [-0.39, 0.29) is 18.9 Å². The van der Waals surface area contributed by atoms with E-state index in [1.165, 1.54) is 29.5 Å². The van der Waals surface area contributed by atoms with Crippen molar-refractivity contribution in [3.63, 3.8) is 0 Å². The number of carbonyl (C=O) groups excluding carboxylic acids is 2. The Morgan fingerprint density at radius 3 is 2.80 bits per heavy atom. The van der Waals surface area contributed by atoms with Crippen molar-refractivity contribution < 1.29 is 24.0 Å². The number of ether oxygens (including phenoxy) is 2. The van der Waals surface area contributed by atoms with E-state index >= 15 is 0 Å². The molecule has 3 rings (SSSR count). The number of anilines is 1. The Kier molecular flexibility index (Phi) is 6.71. The van der Waals surface area contributed by atoms with Crippen LogP contribution in [-0.4, -0.2) is 30.0 Å². The second-order valence-electron chi connectivity index (χ2n) is 7.32. The van der Waals surface area contributed by atoms with Crippen LogP contribution in [0.25, 0.3) is 0 Å². The van der Waals surface area contributed by atoms with Crippen LogP contribution in [-0.2, 0) is 22.4 Å². The molecule has 0 aliphatic heterocycles. The highest BCUT2D eigenvalue weighted by atomic mass is 32.1. The number of fused-ring (bicyclic) bond motifs is 1. The molecule has 0 saturated carbocycles. The number of rotatable bonds is 7. The van der Waals surface area contributed by atoms with Crippen molar-refractivity contribution in [2.45, 2.75) is 40.0 Å². The number of carbonyl (C=O) groups is 2. The summed E-state index contributed by atoms with van der Waals surface area (Å²) >= 11 is 1.41. The Hall–Kier alpha value is -2.94. The first-order valence-corrected chi connectivity index (χ1v) is 10.6. The van der Waals surface area contributed by atoms with E-state index in [9.17, 15) is 19.7 Å². The number of aryl methyl sites for hydroxylation is 1. The Balaban J connectivity index is 1.72. The van der Waals surface area contributed by atoms with Gasteiger partial charge >= 0.3 is 5.97 Å². The van der Waals surface area contributed by atoms with E-state index in [4.69, 9.17) is 9.47 Å². The lowest BCUT2D eigenvalue weighted by Gasteiger charge is -2.18. The standard InChI is InChI=1S/C21H24N2O6S/c1-4-28-21(25)19-15-7-5-12(2)9-17(15)30-20(19)22-18(24)11-29-14-6-8-16(23(26)27)13(3)10-14/h6,8,10,12H,4-5,7,9,11H2,1-3H3,(H,22,24)/t12-/m1/s1. The normalized spacial score (nSPS) is 15.2. The number of amides is 1. The fourth-order valence-electron chi connectivity index (χ4n) is 3.49. The van der Waals surface area contributed by atoms with E-state index < -0.39 is 16.8 Å². The minimum atomic E-state index is -0.470. The molecule has 1 aromatic carbocycles. The molecule has 0 bridgehead atoms. The van der Waals surface area contributed by atoms with Gasteiger partial charge in [-0.2, -0.15) is 0 Å². The summed E-state index contributed by atoms with van der Waals surface area (Å²) in [5.74, 6) is 0.0524. The number of hydrogen-bond donors (Lipinski definition) is 1. The van der Waals surface area contributed by atoms with E-state index in [2.05, 4.69) is 12.2 Å². The van der Waals surface area contributed by atoms with E-state index in [1.807, 2.05) is 0 Å². The van der Waals surface area contributed by atoms with Crippen LogP contribution in [0.4, 0.5) is 10.7 Å². The fourth-order valence-corrected chi connectivity index (χ4v) is 4.91. The minimum absolute atomic E-state index is 0.00993. The molecule has 30 heavy (non-hydrogen) atoms. The van der Waals surface area contributed by atoms with Gasteiger partial charge in [-0.3, -0.25) is 14.9 Å². The van der Waals surface area contributed by atoms with Crippen molar-refractivity contribution in [2.75, 3.05) is 18.5 Å². The molecule has 8 nitrogen and oxygen atoms in total. The van der Waals surface area contributed by atoms with E-state index in [1.54, 1.807) is 13.8 Å². The summed E-state index contributed by atoms with van der Waals surface area (Å²) in [5, 5.41) is 14.2. The van der Waals surface area contributed by atoms with Gasteiger partial charge in [-0.15, -0.1) is 11.3 Å². The number of nitro benzene ring substituents is 1. The van der Waals surface area contributed by atoms with Gasteiger partial charge in [0.05, 0.1) is 17.1 Å². The summed E-state index contributed by atoms with van der Waals surface area (Å²) in [6, 6.07) is 4.31. The van der Waals surface area contributed by atoms with Gasteiger partial charge < -0.3 is 14.8 Å². The van der Waals surface area contributed by atoms with Crippen molar-refractivity contribution in [3.8, 4) is 5.75 Å². The van der Waals surface area contributed by atoms with Gasteiger partial charge in [0, 0.05) is 16.5 Å². The lowest BCUT2D eigenvalue weighted by atomic mass is 9.88. The molecule has 0 saturated heterocycles. The molecule has 0 unspecified atom stereocenters. The number of thiophene rings is 1. The maximum Gasteiger partial charge on any atom is 0.341 e. The monoisotopic (exact) mass is 432 g/mol. The van der Waals surface area contributed by atoms with Crippen LogP contribution < -0.4 is 10.1 Å². The quantitative estimate of drug-likeness (QED) is 0.397. The Bertz CT molecular complexity index is 984. The molecule has 1 N–H and O–H groups in total. The predicted octanol–water partition coefficient (Wildman–Crippen LogP) is 4.28. The smallest absolute Gasteiger partial charge is 0.341 e. The molecule has 1 atom stereocenters. The Labute approximate surface area is 178 Å². The number of nitrogens with one attached hydrogen (secondary N) is 1. The second kappa shape index (κ2) is 9.25.